The van der Waals surface area contributed by atoms with Crippen LogP contribution < -0.4 is 10.2 Å². The molecule has 162 valence electrons. The zero-order valence-electron chi connectivity index (χ0n) is 16.6. The second kappa shape index (κ2) is 7.97. The molecule has 2 heterocycles. The smallest absolute Gasteiger partial charge is 0.264 e. The van der Waals surface area contributed by atoms with E-state index in [1.54, 1.807) is 18.2 Å². The minimum atomic E-state index is -3.85. The van der Waals surface area contributed by atoms with Crippen LogP contribution in [0.5, 0.6) is 5.75 Å². The fourth-order valence-corrected chi connectivity index (χ4v) is 5.23. The molecule has 2 amide bonds. The number of hydrogen-bond donors (Lipinski definition) is 2. The minimum Gasteiger partial charge on any atom is -0.497 e. The molecule has 0 unspecified atom stereocenters. The summed E-state index contributed by atoms with van der Waals surface area (Å²) in [6.07, 6.45) is 0.722. The van der Waals surface area contributed by atoms with Crippen molar-refractivity contribution in [2.75, 3.05) is 19.9 Å². The average Bonchev–Trinajstić information content (AvgIpc) is 3.23. The SMILES string of the molecule is COc1ccc(-c2cc3c(s2)C(=O)N(CC[C@](C)(C(=O)NO)S(C)(=O)=O)C3)c(F)c1. The van der Waals surface area contributed by atoms with Gasteiger partial charge in [-0.25, -0.2) is 18.3 Å². The van der Waals surface area contributed by atoms with E-state index in [4.69, 9.17) is 9.94 Å². The van der Waals surface area contributed by atoms with Crippen LogP contribution >= 0.6 is 11.3 Å². The average molecular weight is 457 g/mol. The number of benzene rings is 1. The molecular formula is C19H21FN2O6S2. The maximum absolute atomic E-state index is 14.3. The summed E-state index contributed by atoms with van der Waals surface area (Å²) in [6.45, 7) is 1.43. The van der Waals surface area contributed by atoms with Crippen molar-refractivity contribution >= 4 is 33.0 Å². The number of carbonyl (C=O) groups excluding carboxylic acids is 2. The molecule has 1 aliphatic heterocycles. The summed E-state index contributed by atoms with van der Waals surface area (Å²) in [5, 5.41) is 8.90. The van der Waals surface area contributed by atoms with Gasteiger partial charge < -0.3 is 9.64 Å². The molecule has 30 heavy (non-hydrogen) atoms. The molecule has 0 radical (unpaired) electrons. The van der Waals surface area contributed by atoms with Crippen molar-refractivity contribution in [3.8, 4) is 16.2 Å². The van der Waals surface area contributed by atoms with Gasteiger partial charge in [0.2, 0.25) is 0 Å². The number of amides is 2. The van der Waals surface area contributed by atoms with E-state index in [1.165, 1.54) is 30.5 Å². The molecule has 0 saturated carbocycles. The summed E-state index contributed by atoms with van der Waals surface area (Å²) >= 11 is 1.15. The van der Waals surface area contributed by atoms with Crippen molar-refractivity contribution in [2.45, 2.75) is 24.6 Å². The van der Waals surface area contributed by atoms with Crippen molar-refractivity contribution in [1.82, 2.24) is 10.4 Å². The molecule has 0 fully saturated rings. The third kappa shape index (κ3) is 3.80. The number of fused-ring (bicyclic) bond motifs is 1. The van der Waals surface area contributed by atoms with Crippen LogP contribution in [0.2, 0.25) is 0 Å². The van der Waals surface area contributed by atoms with E-state index in [-0.39, 0.29) is 25.4 Å². The Hall–Kier alpha value is -2.50. The van der Waals surface area contributed by atoms with E-state index >= 15 is 0 Å². The number of hydroxylamine groups is 1. The number of carbonyl (C=O) groups is 2. The lowest BCUT2D eigenvalue weighted by Crippen LogP contribution is -2.50. The number of nitrogens with one attached hydrogen (secondary N) is 1. The second-order valence-corrected chi connectivity index (χ2v) is 10.7. The first kappa shape index (κ1) is 22.2. The maximum atomic E-state index is 14.3. The van der Waals surface area contributed by atoms with Gasteiger partial charge in [-0.3, -0.25) is 14.8 Å². The lowest BCUT2D eigenvalue weighted by atomic mass is 10.1. The van der Waals surface area contributed by atoms with Gasteiger partial charge in [0.1, 0.15) is 11.6 Å². The summed E-state index contributed by atoms with van der Waals surface area (Å²) in [6, 6.07) is 6.23. The van der Waals surface area contributed by atoms with Crippen LogP contribution in [0, 0.1) is 5.82 Å². The van der Waals surface area contributed by atoms with Gasteiger partial charge in [0, 0.05) is 35.9 Å². The molecule has 0 saturated heterocycles. The van der Waals surface area contributed by atoms with Crippen LogP contribution in [0.15, 0.2) is 24.3 Å². The van der Waals surface area contributed by atoms with Crippen molar-refractivity contribution < 1.29 is 32.3 Å². The van der Waals surface area contributed by atoms with Crippen LogP contribution in [0.1, 0.15) is 28.6 Å². The first-order valence-electron chi connectivity index (χ1n) is 8.92. The minimum absolute atomic E-state index is 0.00343. The molecule has 2 N–H and O–H groups in total. The van der Waals surface area contributed by atoms with E-state index in [1.807, 2.05) is 0 Å². The molecule has 1 aliphatic rings. The van der Waals surface area contributed by atoms with Crippen molar-refractivity contribution in [3.05, 3.63) is 40.5 Å². The van der Waals surface area contributed by atoms with Gasteiger partial charge in [-0.05, 0) is 37.1 Å². The fraction of sp³-hybridized carbons (Fsp3) is 0.368. The topological polar surface area (TPSA) is 113 Å². The molecule has 0 aliphatic carbocycles. The number of halogens is 1. The predicted molar refractivity (Wildman–Crippen MR) is 109 cm³/mol. The zero-order chi connectivity index (χ0) is 22.3. The monoisotopic (exact) mass is 456 g/mol. The number of nitrogens with zero attached hydrogens (tertiary/aromatic N) is 1. The van der Waals surface area contributed by atoms with Crippen LogP contribution in [-0.2, 0) is 21.2 Å². The fourth-order valence-electron chi connectivity index (χ4n) is 3.22. The Kier molecular flexibility index (Phi) is 5.89. The highest BCUT2D eigenvalue weighted by atomic mass is 32.2. The zero-order valence-corrected chi connectivity index (χ0v) is 18.2. The molecule has 1 aromatic heterocycles. The van der Waals surface area contributed by atoms with Gasteiger partial charge in [-0.15, -0.1) is 11.3 Å². The lowest BCUT2D eigenvalue weighted by molar-refractivity contribution is -0.131. The normalized spacial score (nSPS) is 15.6. The Morgan fingerprint density at radius 3 is 2.63 bits per heavy atom. The van der Waals surface area contributed by atoms with E-state index in [0.29, 0.717) is 26.6 Å². The van der Waals surface area contributed by atoms with E-state index in [0.717, 1.165) is 17.6 Å². The molecule has 11 heteroatoms. The highest BCUT2D eigenvalue weighted by Gasteiger charge is 2.44. The summed E-state index contributed by atoms with van der Waals surface area (Å²) in [5.41, 5.74) is 2.46. The molecular weight excluding hydrogens is 435 g/mol. The lowest BCUT2D eigenvalue weighted by Gasteiger charge is -2.27. The van der Waals surface area contributed by atoms with Gasteiger partial charge in [-0.1, -0.05) is 0 Å². The highest BCUT2D eigenvalue weighted by molar-refractivity contribution is 7.92. The number of thiophene rings is 1. The van der Waals surface area contributed by atoms with Crippen molar-refractivity contribution in [1.29, 1.82) is 0 Å². The van der Waals surface area contributed by atoms with Gasteiger partial charge in [0.15, 0.2) is 14.6 Å². The molecule has 1 atom stereocenters. The second-order valence-electron chi connectivity index (χ2n) is 7.23. The molecule has 3 rings (SSSR count). The van der Waals surface area contributed by atoms with E-state index < -0.39 is 26.3 Å². The number of methoxy groups -OCH3 is 1. The van der Waals surface area contributed by atoms with Gasteiger partial charge in [0.25, 0.3) is 11.8 Å². The van der Waals surface area contributed by atoms with Crippen molar-refractivity contribution in [2.24, 2.45) is 0 Å². The number of ether oxygens (including phenoxy) is 1. The largest absolute Gasteiger partial charge is 0.497 e. The molecule has 0 spiro atoms. The molecule has 2 aromatic rings. The first-order chi connectivity index (χ1) is 14.0. The Balaban J connectivity index is 1.78. The van der Waals surface area contributed by atoms with Crippen LogP contribution in [-0.4, -0.2) is 55.0 Å². The third-order valence-electron chi connectivity index (χ3n) is 5.35. The summed E-state index contributed by atoms with van der Waals surface area (Å²) in [7, 11) is -2.41. The number of hydrogen-bond acceptors (Lipinski definition) is 7. The van der Waals surface area contributed by atoms with Crippen LogP contribution in [0.3, 0.4) is 0 Å². The summed E-state index contributed by atoms with van der Waals surface area (Å²) < 4.78 is 41.6. The van der Waals surface area contributed by atoms with Gasteiger partial charge >= 0.3 is 0 Å². The van der Waals surface area contributed by atoms with Gasteiger partial charge in [-0.2, -0.15) is 0 Å². The molecule has 1 aromatic carbocycles. The standard InChI is InChI=1S/C19H21FN2O6S2/c1-19(18(24)21-25,30(3,26)27)6-7-22-10-11-8-15(29-16(11)17(22)23)13-5-4-12(28-2)9-14(13)20/h4-5,8-9,25H,6-7,10H2,1-3H3,(H,21,24)/t19-/m1/s1. The summed E-state index contributed by atoms with van der Waals surface area (Å²) in [4.78, 5) is 27.2. The maximum Gasteiger partial charge on any atom is 0.264 e. The highest BCUT2D eigenvalue weighted by Crippen LogP contribution is 2.38. The molecule has 0 bridgehead atoms. The Morgan fingerprint density at radius 1 is 1.40 bits per heavy atom. The number of sulfone groups is 1. The van der Waals surface area contributed by atoms with Crippen molar-refractivity contribution in [3.63, 3.8) is 0 Å². The van der Waals surface area contributed by atoms with E-state index in [9.17, 15) is 22.4 Å². The number of rotatable bonds is 7. The third-order valence-corrected chi connectivity index (χ3v) is 8.58. The molecule has 8 nitrogen and oxygen atoms in total. The van der Waals surface area contributed by atoms with Gasteiger partial charge in [0.05, 0.1) is 12.0 Å². The van der Waals surface area contributed by atoms with E-state index in [2.05, 4.69) is 0 Å². The summed E-state index contributed by atoms with van der Waals surface area (Å²) in [5.74, 6) is -1.43. The predicted octanol–water partition coefficient (Wildman–Crippen LogP) is 2.22. The Labute approximate surface area is 177 Å². The van der Waals surface area contributed by atoms with Crippen LogP contribution in [0.25, 0.3) is 10.4 Å². The Morgan fingerprint density at radius 2 is 2.10 bits per heavy atom. The quantitative estimate of drug-likeness (QED) is 0.488. The first-order valence-corrected chi connectivity index (χ1v) is 11.6. The Bertz CT molecular complexity index is 1110. The van der Waals surface area contributed by atoms with Crippen LogP contribution in [0.4, 0.5) is 4.39 Å².